The number of amides is 3. The van der Waals surface area contributed by atoms with Gasteiger partial charge in [0.2, 0.25) is 5.91 Å². The summed E-state index contributed by atoms with van der Waals surface area (Å²) in [6, 6.07) is 24.2. The first-order valence-electron chi connectivity index (χ1n) is 13.6. The second kappa shape index (κ2) is 10.7. The van der Waals surface area contributed by atoms with E-state index >= 15 is 0 Å². The van der Waals surface area contributed by atoms with Gasteiger partial charge >= 0.3 is 12.1 Å². The molecule has 212 valence electrons. The monoisotopic (exact) mass is 555 g/mol. The summed E-state index contributed by atoms with van der Waals surface area (Å²) in [6.07, 6.45) is -0.567. The third kappa shape index (κ3) is 5.15. The highest BCUT2D eigenvalue weighted by Gasteiger charge is 2.59. The lowest BCUT2D eigenvalue weighted by molar-refractivity contribution is -0.174. The van der Waals surface area contributed by atoms with E-state index in [1.807, 2.05) is 78.9 Å². The molecule has 9 heteroatoms. The van der Waals surface area contributed by atoms with Crippen LogP contribution in [0.25, 0.3) is 11.1 Å². The topological polar surface area (TPSA) is 125 Å². The van der Waals surface area contributed by atoms with Crippen molar-refractivity contribution in [3.8, 4) is 11.1 Å². The fourth-order valence-corrected chi connectivity index (χ4v) is 5.58. The van der Waals surface area contributed by atoms with Crippen LogP contribution in [0, 0.1) is 0 Å². The van der Waals surface area contributed by atoms with Gasteiger partial charge in [0.05, 0.1) is 6.54 Å². The van der Waals surface area contributed by atoms with Crippen LogP contribution in [0.1, 0.15) is 43.4 Å². The molecule has 3 aromatic carbocycles. The Morgan fingerprint density at radius 1 is 0.976 bits per heavy atom. The summed E-state index contributed by atoms with van der Waals surface area (Å²) >= 11 is 0. The smallest absolute Gasteiger partial charge is 0.407 e. The number of hydrogen-bond donors (Lipinski definition) is 3. The fraction of sp³-hybridized carbons (Fsp3) is 0.312. The molecule has 0 aromatic heterocycles. The van der Waals surface area contributed by atoms with E-state index < -0.39 is 41.0 Å². The van der Waals surface area contributed by atoms with E-state index in [0.717, 1.165) is 27.8 Å². The number of ether oxygens (including phenoxy) is 1. The predicted molar refractivity (Wildman–Crippen MR) is 152 cm³/mol. The number of β-lactam (4-membered cyclic amide) rings is 1. The summed E-state index contributed by atoms with van der Waals surface area (Å²) in [7, 11) is 0. The van der Waals surface area contributed by atoms with E-state index in [1.54, 1.807) is 0 Å². The van der Waals surface area contributed by atoms with Crippen molar-refractivity contribution in [1.29, 1.82) is 0 Å². The minimum atomic E-state index is -1.44. The van der Waals surface area contributed by atoms with Gasteiger partial charge in [-0.1, -0.05) is 78.9 Å². The minimum absolute atomic E-state index is 0.0173. The maximum atomic E-state index is 13.4. The zero-order chi connectivity index (χ0) is 29.4. The number of fused-ring (bicyclic) bond motifs is 3. The molecule has 9 nitrogen and oxygen atoms in total. The Morgan fingerprint density at radius 3 is 2.10 bits per heavy atom. The molecule has 2 aliphatic rings. The standard InChI is InChI=1S/C32H33N3O6/c1-20(33-30(40)41-18-26-24-15-9-7-13-22(24)23-14-8-10-16-25(23)26)27(36)34-32(17-21-11-5-4-6-12-21)19-35(28(32)37)31(2,3)29(38)39/h4-16,20,26H,17-19H2,1-3H3,(H,33,40)(H,34,36)(H,38,39)/t20-,32+/m0/s1. The van der Waals surface area contributed by atoms with E-state index in [1.165, 1.54) is 25.7 Å². The summed E-state index contributed by atoms with van der Waals surface area (Å²) in [5, 5.41) is 15.0. The van der Waals surface area contributed by atoms with Gasteiger partial charge in [0.1, 0.15) is 23.7 Å². The zero-order valence-electron chi connectivity index (χ0n) is 23.2. The molecule has 1 fully saturated rings. The lowest BCUT2D eigenvalue weighted by atomic mass is 9.78. The molecule has 1 aliphatic heterocycles. The predicted octanol–water partition coefficient (Wildman–Crippen LogP) is 3.72. The van der Waals surface area contributed by atoms with Crippen LogP contribution in [0.4, 0.5) is 4.79 Å². The summed E-state index contributed by atoms with van der Waals surface area (Å²) in [5.41, 5.74) is 2.42. The number of benzene rings is 3. The second-order valence-electron chi connectivity index (χ2n) is 11.2. The van der Waals surface area contributed by atoms with Gasteiger partial charge in [-0.05, 0) is 48.6 Å². The largest absolute Gasteiger partial charge is 0.480 e. The number of nitrogens with one attached hydrogen (secondary N) is 2. The molecule has 41 heavy (non-hydrogen) atoms. The number of likely N-dealkylation sites (tertiary alicyclic amines) is 1. The van der Waals surface area contributed by atoms with Crippen LogP contribution in [0.2, 0.25) is 0 Å². The van der Waals surface area contributed by atoms with E-state index in [0.29, 0.717) is 0 Å². The first-order chi connectivity index (χ1) is 19.5. The van der Waals surface area contributed by atoms with Gasteiger partial charge in [0.25, 0.3) is 5.91 Å². The summed E-state index contributed by atoms with van der Waals surface area (Å²) in [6.45, 7) is 4.52. The van der Waals surface area contributed by atoms with Crippen molar-refractivity contribution >= 4 is 23.9 Å². The first-order valence-corrected chi connectivity index (χ1v) is 13.6. The summed E-state index contributed by atoms with van der Waals surface area (Å²) < 4.78 is 5.57. The Morgan fingerprint density at radius 2 is 1.54 bits per heavy atom. The average molecular weight is 556 g/mol. The summed E-state index contributed by atoms with van der Waals surface area (Å²) in [4.78, 5) is 52.4. The molecule has 0 bridgehead atoms. The van der Waals surface area contributed by atoms with Crippen molar-refractivity contribution in [2.45, 2.75) is 50.2 Å². The second-order valence-corrected chi connectivity index (χ2v) is 11.2. The number of rotatable bonds is 9. The SMILES string of the molecule is C[C@H](NC(=O)OCC1c2ccccc2-c2ccccc21)C(=O)N[C@]1(Cc2ccccc2)CN(C(C)(C)C(=O)O)C1=O. The van der Waals surface area contributed by atoms with E-state index in [9.17, 15) is 24.3 Å². The van der Waals surface area contributed by atoms with Crippen molar-refractivity contribution in [3.05, 3.63) is 95.6 Å². The highest BCUT2D eigenvalue weighted by Crippen LogP contribution is 2.44. The average Bonchev–Trinajstić information content (AvgIpc) is 3.28. The zero-order valence-corrected chi connectivity index (χ0v) is 23.2. The molecule has 0 radical (unpaired) electrons. The maximum Gasteiger partial charge on any atom is 0.407 e. The third-order valence-electron chi connectivity index (χ3n) is 8.06. The van der Waals surface area contributed by atoms with Crippen LogP contribution in [0.15, 0.2) is 78.9 Å². The van der Waals surface area contributed by atoms with Gasteiger partial charge in [0, 0.05) is 12.3 Å². The van der Waals surface area contributed by atoms with E-state index in [-0.39, 0.29) is 25.5 Å². The number of nitrogens with zero attached hydrogens (tertiary/aromatic N) is 1. The lowest BCUT2D eigenvalue weighted by Crippen LogP contribution is -2.80. The number of carbonyl (C=O) groups is 4. The van der Waals surface area contributed by atoms with Crippen molar-refractivity contribution < 1.29 is 29.0 Å². The molecule has 0 spiro atoms. The molecule has 0 saturated carbocycles. The molecular formula is C32H33N3O6. The first kappa shape index (κ1) is 27.9. The van der Waals surface area contributed by atoms with Crippen molar-refractivity contribution in [1.82, 2.24) is 15.5 Å². The number of carboxylic acid groups (broad SMARTS) is 1. The molecule has 1 saturated heterocycles. The number of hydrogen-bond acceptors (Lipinski definition) is 5. The van der Waals surface area contributed by atoms with Gasteiger partial charge in [-0.3, -0.25) is 9.59 Å². The Labute approximate surface area is 238 Å². The van der Waals surface area contributed by atoms with Gasteiger partial charge in [0.15, 0.2) is 0 Å². The number of alkyl carbamates (subject to hydrolysis) is 1. The van der Waals surface area contributed by atoms with Crippen LogP contribution in [-0.4, -0.2) is 64.2 Å². The molecular weight excluding hydrogens is 522 g/mol. The Hall–Kier alpha value is -4.66. The number of carboxylic acids is 1. The molecule has 0 unspecified atom stereocenters. The fourth-order valence-electron chi connectivity index (χ4n) is 5.58. The maximum absolute atomic E-state index is 13.4. The van der Waals surface area contributed by atoms with Crippen molar-refractivity contribution in [2.24, 2.45) is 0 Å². The number of carbonyl (C=O) groups excluding carboxylic acids is 3. The van der Waals surface area contributed by atoms with Crippen LogP contribution in [0.3, 0.4) is 0 Å². The van der Waals surface area contributed by atoms with Crippen LogP contribution < -0.4 is 10.6 Å². The Kier molecular flexibility index (Phi) is 7.29. The van der Waals surface area contributed by atoms with Gasteiger partial charge < -0.3 is 25.4 Å². The van der Waals surface area contributed by atoms with Crippen molar-refractivity contribution in [2.75, 3.05) is 13.2 Å². The molecule has 3 N–H and O–H groups in total. The molecule has 2 atom stereocenters. The summed E-state index contributed by atoms with van der Waals surface area (Å²) in [5.74, 6) is -2.33. The van der Waals surface area contributed by atoms with Crippen molar-refractivity contribution in [3.63, 3.8) is 0 Å². The van der Waals surface area contributed by atoms with Gasteiger partial charge in [-0.25, -0.2) is 9.59 Å². The molecule has 1 heterocycles. The van der Waals surface area contributed by atoms with Crippen LogP contribution in [0.5, 0.6) is 0 Å². The third-order valence-corrected chi connectivity index (χ3v) is 8.06. The highest BCUT2D eigenvalue weighted by molar-refractivity contribution is 6.01. The Balaban J connectivity index is 1.24. The molecule has 5 rings (SSSR count). The quantitative estimate of drug-likeness (QED) is 0.346. The normalized spacial score (nSPS) is 18.5. The number of aliphatic carboxylic acids is 1. The highest BCUT2D eigenvalue weighted by atomic mass is 16.5. The van der Waals surface area contributed by atoms with Gasteiger partial charge in [-0.2, -0.15) is 0 Å². The lowest BCUT2D eigenvalue weighted by Gasteiger charge is -2.54. The van der Waals surface area contributed by atoms with Gasteiger partial charge in [-0.15, -0.1) is 0 Å². The minimum Gasteiger partial charge on any atom is -0.480 e. The molecule has 3 aromatic rings. The Bertz CT molecular complexity index is 1460. The van der Waals surface area contributed by atoms with E-state index in [4.69, 9.17) is 4.74 Å². The molecule has 3 amide bonds. The van der Waals surface area contributed by atoms with E-state index in [2.05, 4.69) is 10.6 Å². The van der Waals surface area contributed by atoms with Crippen LogP contribution in [-0.2, 0) is 25.5 Å². The molecule has 1 aliphatic carbocycles. The van der Waals surface area contributed by atoms with Crippen LogP contribution >= 0.6 is 0 Å².